The summed E-state index contributed by atoms with van der Waals surface area (Å²) in [5.41, 5.74) is 0. The zero-order chi connectivity index (χ0) is 4.69. The van der Waals surface area contributed by atoms with Gasteiger partial charge in [0.25, 0.3) is 0 Å². The normalized spacial score (nSPS) is 11.5. The van der Waals surface area contributed by atoms with Crippen LogP contribution in [0.5, 0.6) is 0 Å². The van der Waals surface area contributed by atoms with Crippen LogP contribution < -0.4 is 0 Å². The van der Waals surface area contributed by atoms with Crippen molar-refractivity contribution in [1.29, 1.82) is 0 Å². The van der Waals surface area contributed by atoms with Crippen LogP contribution in [0.25, 0.3) is 0 Å². The third-order valence-electron chi connectivity index (χ3n) is 1.03. The van der Waals surface area contributed by atoms with Crippen molar-refractivity contribution in [3.63, 3.8) is 0 Å². The van der Waals surface area contributed by atoms with E-state index in [0.717, 1.165) is 0 Å². The Kier molecular flexibility index (Phi) is 1.83. The van der Waals surface area contributed by atoms with Gasteiger partial charge in [0.05, 0.1) is 0 Å². The molecule has 8 heavy (non-hydrogen) atoms. The molecule has 0 fully saturated rings. The first kappa shape index (κ1) is 6.43. The minimum absolute atomic E-state index is 0. The predicted octanol–water partition coefficient (Wildman–Crippen LogP) is 2.15. The number of fused-ring (bicyclic) bond motifs is 1. The van der Waals surface area contributed by atoms with Gasteiger partial charge in [-0.15, -0.1) is 0 Å². The number of hydrogen-bond donors (Lipinski definition) is 0. The molecular weight excluding hydrogens is 301 g/mol. The van der Waals surface area contributed by atoms with Crippen molar-refractivity contribution in [2.45, 2.75) is 9.79 Å². The molecule has 1 radical (unpaired) electrons. The zero-order valence-electron chi connectivity index (χ0n) is 4.02. The number of rotatable bonds is 0. The summed E-state index contributed by atoms with van der Waals surface area (Å²) in [6.07, 6.45) is 0. The maximum absolute atomic E-state index is 2.14. The second-order valence-electron chi connectivity index (χ2n) is 1.55. The summed E-state index contributed by atoms with van der Waals surface area (Å²) in [5.74, 6) is 0. The summed E-state index contributed by atoms with van der Waals surface area (Å²) in [5, 5.41) is 0. The van der Waals surface area contributed by atoms with E-state index >= 15 is 0 Å². The molecule has 1 aromatic rings. The van der Waals surface area contributed by atoms with E-state index < -0.39 is 0 Å². The smallest absolute Gasteiger partial charge is 0.0262 e. The SMILES string of the molecule is [Au].c1ccc2c(c1)S2. The van der Waals surface area contributed by atoms with Crippen molar-refractivity contribution < 1.29 is 22.4 Å². The first-order chi connectivity index (χ1) is 3.47. The molecule has 0 unspecified atom stereocenters. The Morgan fingerprint density at radius 2 is 1.50 bits per heavy atom. The van der Waals surface area contributed by atoms with E-state index in [1.807, 2.05) is 11.8 Å². The third kappa shape index (κ3) is 1.00. The largest absolute Gasteiger partial charge is 0.0877 e. The Morgan fingerprint density at radius 1 is 1.00 bits per heavy atom. The molecule has 0 N–H and O–H groups in total. The first-order valence-electron chi connectivity index (χ1n) is 2.24. The summed E-state index contributed by atoms with van der Waals surface area (Å²) in [7, 11) is 0. The standard InChI is InChI=1S/C6H4S.Au/c1-2-4-6-5(3-1)7-6;/h1-4H;. The average Bonchev–Trinajstić information content (AvgIpc) is 2.41. The third-order valence-corrected chi connectivity index (χ3v) is 1.98. The van der Waals surface area contributed by atoms with Gasteiger partial charge < -0.3 is 0 Å². The molecule has 0 aliphatic carbocycles. The van der Waals surface area contributed by atoms with Gasteiger partial charge in [0.2, 0.25) is 0 Å². The molecule has 0 spiro atoms. The fourth-order valence-corrected chi connectivity index (χ4v) is 1.23. The van der Waals surface area contributed by atoms with Gasteiger partial charge in [0.1, 0.15) is 0 Å². The quantitative estimate of drug-likeness (QED) is 0.531. The molecule has 0 aromatic heterocycles. The molecule has 2 heteroatoms. The van der Waals surface area contributed by atoms with Crippen molar-refractivity contribution in [3.8, 4) is 0 Å². The molecule has 1 aliphatic rings. The molecule has 1 aromatic carbocycles. The Morgan fingerprint density at radius 3 is 1.88 bits per heavy atom. The summed E-state index contributed by atoms with van der Waals surface area (Å²) in [6.45, 7) is 0. The van der Waals surface area contributed by atoms with Gasteiger partial charge in [0.15, 0.2) is 0 Å². The molecule has 0 nitrogen and oxygen atoms in total. The van der Waals surface area contributed by atoms with Gasteiger partial charge >= 0.3 is 0 Å². The van der Waals surface area contributed by atoms with E-state index in [4.69, 9.17) is 0 Å². The second kappa shape index (κ2) is 2.28. The summed E-state index contributed by atoms with van der Waals surface area (Å²) in [4.78, 5) is 2.89. The topological polar surface area (TPSA) is 0 Å². The fraction of sp³-hybridized carbons (Fsp3) is 0. The van der Waals surface area contributed by atoms with Crippen molar-refractivity contribution in [1.82, 2.24) is 0 Å². The number of benzene rings is 1. The fourth-order valence-electron chi connectivity index (χ4n) is 0.611. The second-order valence-corrected chi connectivity index (χ2v) is 2.63. The molecule has 0 bridgehead atoms. The molecule has 0 amide bonds. The van der Waals surface area contributed by atoms with Crippen LogP contribution in [-0.4, -0.2) is 0 Å². The Labute approximate surface area is 68.2 Å². The van der Waals surface area contributed by atoms with E-state index in [2.05, 4.69) is 24.3 Å². The molecule has 0 atom stereocenters. The Hall–Kier alpha value is 0.310. The van der Waals surface area contributed by atoms with Gasteiger partial charge in [-0.05, 0) is 12.1 Å². The molecule has 0 saturated carbocycles. The van der Waals surface area contributed by atoms with Crippen LogP contribution >= 0.6 is 11.8 Å². The molecule has 0 saturated heterocycles. The van der Waals surface area contributed by atoms with Crippen LogP contribution in [-0.2, 0) is 22.4 Å². The van der Waals surface area contributed by atoms with Gasteiger partial charge in [-0.25, -0.2) is 0 Å². The summed E-state index contributed by atoms with van der Waals surface area (Å²) >= 11 is 1.86. The van der Waals surface area contributed by atoms with Crippen molar-refractivity contribution >= 4 is 11.8 Å². The van der Waals surface area contributed by atoms with Crippen LogP contribution in [0.3, 0.4) is 0 Å². The summed E-state index contributed by atoms with van der Waals surface area (Å²) < 4.78 is 0. The monoisotopic (exact) mass is 305 g/mol. The zero-order valence-corrected chi connectivity index (χ0v) is 7.00. The maximum Gasteiger partial charge on any atom is 0.0262 e. The number of hydrogen-bond acceptors (Lipinski definition) is 1. The first-order valence-corrected chi connectivity index (χ1v) is 3.05. The van der Waals surface area contributed by atoms with Gasteiger partial charge in [-0.1, -0.05) is 23.9 Å². The van der Waals surface area contributed by atoms with Gasteiger partial charge in [0, 0.05) is 32.2 Å². The van der Waals surface area contributed by atoms with E-state index in [0.29, 0.717) is 0 Å². The van der Waals surface area contributed by atoms with Crippen LogP contribution in [0, 0.1) is 0 Å². The average molecular weight is 305 g/mol. The minimum atomic E-state index is 0. The van der Waals surface area contributed by atoms with Crippen molar-refractivity contribution in [3.05, 3.63) is 24.3 Å². The molecule has 45 valence electrons. The van der Waals surface area contributed by atoms with E-state index in [1.54, 1.807) is 0 Å². The molecule has 2 rings (SSSR count). The summed E-state index contributed by atoms with van der Waals surface area (Å²) in [6, 6.07) is 8.41. The van der Waals surface area contributed by atoms with Gasteiger partial charge in [-0.3, -0.25) is 0 Å². The molecule has 1 heterocycles. The van der Waals surface area contributed by atoms with Crippen LogP contribution in [0.15, 0.2) is 34.1 Å². The predicted molar refractivity (Wildman–Crippen MR) is 30.6 cm³/mol. The van der Waals surface area contributed by atoms with Crippen LogP contribution in [0.2, 0.25) is 0 Å². The van der Waals surface area contributed by atoms with E-state index in [1.165, 1.54) is 9.79 Å². The Bertz CT molecular complexity index is 176. The Balaban J connectivity index is 0.000000320. The molecular formula is C6H4AuS. The van der Waals surface area contributed by atoms with Crippen LogP contribution in [0.1, 0.15) is 0 Å². The van der Waals surface area contributed by atoms with Crippen molar-refractivity contribution in [2.24, 2.45) is 0 Å². The van der Waals surface area contributed by atoms with Crippen molar-refractivity contribution in [2.75, 3.05) is 0 Å². The van der Waals surface area contributed by atoms with E-state index in [9.17, 15) is 0 Å². The van der Waals surface area contributed by atoms with Crippen LogP contribution in [0.4, 0.5) is 0 Å². The van der Waals surface area contributed by atoms with Gasteiger partial charge in [-0.2, -0.15) is 0 Å². The maximum atomic E-state index is 2.14. The minimum Gasteiger partial charge on any atom is -0.0877 e. The molecule has 1 aliphatic heterocycles. The van der Waals surface area contributed by atoms with E-state index in [-0.39, 0.29) is 22.4 Å².